The first kappa shape index (κ1) is 19.4. The van der Waals surface area contributed by atoms with Crippen molar-refractivity contribution < 1.29 is 9.53 Å². The molecule has 4 nitrogen and oxygen atoms in total. The van der Waals surface area contributed by atoms with E-state index in [-0.39, 0.29) is 5.91 Å². The molecule has 1 heterocycles. The molecule has 0 radical (unpaired) electrons. The Hall–Kier alpha value is -2.37. The van der Waals surface area contributed by atoms with Crippen LogP contribution < -0.4 is 10.2 Å². The lowest BCUT2D eigenvalue weighted by atomic mass is 10.1. The van der Waals surface area contributed by atoms with Crippen molar-refractivity contribution in [3.8, 4) is 5.75 Å². The Morgan fingerprint density at radius 1 is 1.19 bits per heavy atom. The van der Waals surface area contributed by atoms with Crippen molar-refractivity contribution in [1.29, 1.82) is 0 Å². The lowest BCUT2D eigenvalue weighted by Crippen LogP contribution is -2.18. The van der Waals surface area contributed by atoms with Crippen molar-refractivity contribution in [3.63, 3.8) is 0 Å². The lowest BCUT2D eigenvalue weighted by molar-refractivity contribution is 0.0959. The van der Waals surface area contributed by atoms with Gasteiger partial charge in [0.2, 0.25) is 0 Å². The maximum absolute atomic E-state index is 12.5. The minimum absolute atomic E-state index is 0.305. The number of unbranched alkanes of at least 4 members (excludes halogenated alkanes) is 1. The molecule has 0 aliphatic heterocycles. The molecule has 0 spiro atoms. The zero-order valence-corrected chi connectivity index (χ0v) is 16.9. The Labute approximate surface area is 167 Å². The number of hydrogen-bond donors (Lipinski definition) is 1. The summed E-state index contributed by atoms with van der Waals surface area (Å²) in [6.07, 6.45) is 2.14. The summed E-state index contributed by atoms with van der Waals surface area (Å²) in [6, 6.07) is 15.4. The molecule has 2 aromatic carbocycles. The summed E-state index contributed by atoms with van der Waals surface area (Å²) in [4.78, 5) is 12.9. The van der Waals surface area contributed by atoms with E-state index in [9.17, 15) is 4.79 Å². The Morgan fingerprint density at radius 2 is 1.93 bits per heavy atom. The van der Waals surface area contributed by atoms with E-state index in [2.05, 4.69) is 17.5 Å². The Bertz CT molecular complexity index is 964. The highest BCUT2D eigenvalue weighted by Gasteiger charge is 2.16. The number of thiophene rings is 1. The lowest BCUT2D eigenvalue weighted by Gasteiger charge is -2.06. The number of rotatable bonds is 7. The second-order valence-corrected chi connectivity index (χ2v) is 7.54. The molecule has 0 bridgehead atoms. The first-order valence-electron chi connectivity index (χ1n) is 8.85. The number of carbonyl (C=O) groups excluding carboxylic acids is 1. The smallest absolute Gasteiger partial charge is 0.283 e. The summed E-state index contributed by atoms with van der Waals surface area (Å²) in [5, 5.41) is 5.56. The van der Waals surface area contributed by atoms with Gasteiger partial charge < -0.3 is 4.74 Å². The van der Waals surface area contributed by atoms with Crippen molar-refractivity contribution in [2.24, 2.45) is 5.10 Å². The van der Waals surface area contributed by atoms with Gasteiger partial charge in [-0.25, -0.2) is 5.43 Å². The van der Waals surface area contributed by atoms with Gasteiger partial charge in [0.1, 0.15) is 10.6 Å². The minimum atomic E-state index is -0.305. The summed E-state index contributed by atoms with van der Waals surface area (Å²) >= 11 is 7.70. The molecule has 3 rings (SSSR count). The van der Waals surface area contributed by atoms with Crippen LogP contribution in [0.1, 0.15) is 41.9 Å². The van der Waals surface area contributed by atoms with E-state index in [0.29, 0.717) is 15.6 Å². The van der Waals surface area contributed by atoms with Gasteiger partial charge in [-0.15, -0.1) is 11.3 Å². The number of fused-ring (bicyclic) bond motifs is 1. The predicted molar refractivity (Wildman–Crippen MR) is 113 cm³/mol. The minimum Gasteiger partial charge on any atom is -0.494 e. The summed E-state index contributed by atoms with van der Waals surface area (Å²) in [5.74, 6) is 0.529. The average Bonchev–Trinajstić information content (AvgIpc) is 3.04. The van der Waals surface area contributed by atoms with E-state index in [4.69, 9.17) is 16.3 Å². The standard InChI is InChI=1S/C21H21ClN2O2S/c1-3-4-13-26-16-11-9-15(10-12-16)14(2)23-24-21(25)20-19(22)17-7-5-6-8-18(17)27-20/h5-12H,3-4,13H2,1-2H3,(H,24,25). The topological polar surface area (TPSA) is 50.7 Å². The summed E-state index contributed by atoms with van der Waals surface area (Å²) < 4.78 is 6.63. The summed E-state index contributed by atoms with van der Waals surface area (Å²) in [5.41, 5.74) is 4.23. The van der Waals surface area contributed by atoms with Crippen LogP contribution in [0.4, 0.5) is 0 Å². The fraction of sp³-hybridized carbons (Fsp3) is 0.238. The first-order chi connectivity index (χ1) is 13.1. The molecule has 0 saturated heterocycles. The van der Waals surface area contributed by atoms with Crippen molar-refractivity contribution >= 4 is 44.6 Å². The van der Waals surface area contributed by atoms with E-state index in [0.717, 1.165) is 40.8 Å². The molecule has 1 aromatic heterocycles. The second-order valence-electron chi connectivity index (χ2n) is 6.11. The van der Waals surface area contributed by atoms with Crippen LogP contribution in [0.3, 0.4) is 0 Å². The molecule has 0 aliphatic rings. The Kier molecular flexibility index (Phi) is 6.48. The third kappa shape index (κ3) is 4.67. The zero-order valence-electron chi connectivity index (χ0n) is 15.3. The molecule has 0 aliphatic carbocycles. The zero-order chi connectivity index (χ0) is 19.2. The van der Waals surface area contributed by atoms with Crippen molar-refractivity contribution in [3.05, 3.63) is 64.0 Å². The van der Waals surface area contributed by atoms with Crippen LogP contribution >= 0.6 is 22.9 Å². The third-order valence-corrected chi connectivity index (χ3v) is 5.78. The van der Waals surface area contributed by atoms with Crippen LogP contribution in [-0.4, -0.2) is 18.2 Å². The molecule has 27 heavy (non-hydrogen) atoms. The van der Waals surface area contributed by atoms with E-state index in [1.54, 1.807) is 0 Å². The van der Waals surface area contributed by atoms with Gasteiger partial charge in [-0.05, 0) is 49.2 Å². The van der Waals surface area contributed by atoms with Crippen LogP contribution in [0.5, 0.6) is 5.75 Å². The molecule has 140 valence electrons. The summed E-state index contributed by atoms with van der Waals surface area (Å²) in [7, 11) is 0. The van der Waals surface area contributed by atoms with E-state index in [1.807, 2.05) is 55.5 Å². The van der Waals surface area contributed by atoms with Crippen LogP contribution in [-0.2, 0) is 0 Å². The van der Waals surface area contributed by atoms with E-state index in [1.165, 1.54) is 11.3 Å². The second kappa shape index (κ2) is 9.02. The van der Waals surface area contributed by atoms with Crippen LogP contribution in [0.15, 0.2) is 53.6 Å². The van der Waals surface area contributed by atoms with Gasteiger partial charge >= 0.3 is 0 Å². The normalized spacial score (nSPS) is 11.6. The quantitative estimate of drug-likeness (QED) is 0.305. The van der Waals surface area contributed by atoms with Crippen LogP contribution in [0, 0.1) is 0 Å². The van der Waals surface area contributed by atoms with Gasteiger partial charge in [0.25, 0.3) is 5.91 Å². The summed E-state index contributed by atoms with van der Waals surface area (Å²) in [6.45, 7) is 4.70. The highest BCUT2D eigenvalue weighted by Crippen LogP contribution is 2.34. The molecule has 0 unspecified atom stereocenters. The number of hydrazone groups is 1. The van der Waals surface area contributed by atoms with Gasteiger partial charge in [0.15, 0.2) is 0 Å². The highest BCUT2D eigenvalue weighted by atomic mass is 35.5. The van der Waals surface area contributed by atoms with E-state index >= 15 is 0 Å². The molecule has 0 fully saturated rings. The maximum Gasteiger partial charge on any atom is 0.283 e. The molecular formula is C21H21ClN2O2S. The molecule has 1 amide bonds. The number of halogens is 1. The predicted octanol–water partition coefficient (Wildman–Crippen LogP) is 5.89. The monoisotopic (exact) mass is 400 g/mol. The van der Waals surface area contributed by atoms with Gasteiger partial charge in [0, 0.05) is 10.1 Å². The molecule has 6 heteroatoms. The number of ether oxygens (including phenoxy) is 1. The van der Waals surface area contributed by atoms with E-state index < -0.39 is 0 Å². The fourth-order valence-electron chi connectivity index (χ4n) is 2.54. The SMILES string of the molecule is CCCCOc1ccc(C(C)=NNC(=O)c2sc3ccccc3c2Cl)cc1. The Morgan fingerprint density at radius 3 is 2.63 bits per heavy atom. The van der Waals surface area contributed by atoms with Crippen LogP contribution in [0.2, 0.25) is 5.02 Å². The highest BCUT2D eigenvalue weighted by molar-refractivity contribution is 7.21. The molecule has 0 saturated carbocycles. The first-order valence-corrected chi connectivity index (χ1v) is 10.0. The number of amides is 1. The largest absolute Gasteiger partial charge is 0.494 e. The number of benzene rings is 2. The number of carbonyl (C=O) groups is 1. The third-order valence-electron chi connectivity index (χ3n) is 4.10. The number of nitrogens with zero attached hydrogens (tertiary/aromatic N) is 1. The number of hydrogen-bond acceptors (Lipinski definition) is 4. The molecule has 3 aromatic rings. The van der Waals surface area contributed by atoms with Crippen molar-refractivity contribution in [2.75, 3.05) is 6.61 Å². The molecule has 0 atom stereocenters. The van der Waals surface area contributed by atoms with Gasteiger partial charge in [0.05, 0.1) is 17.3 Å². The van der Waals surface area contributed by atoms with Crippen molar-refractivity contribution in [2.45, 2.75) is 26.7 Å². The van der Waals surface area contributed by atoms with Gasteiger partial charge in [-0.1, -0.05) is 43.1 Å². The number of nitrogens with one attached hydrogen (secondary N) is 1. The molecule has 1 N–H and O–H groups in total. The fourth-order valence-corrected chi connectivity index (χ4v) is 3.94. The molecular weight excluding hydrogens is 380 g/mol. The average molecular weight is 401 g/mol. The van der Waals surface area contributed by atoms with Crippen LogP contribution in [0.25, 0.3) is 10.1 Å². The van der Waals surface area contributed by atoms with Gasteiger partial charge in [-0.2, -0.15) is 5.10 Å². The Balaban J connectivity index is 1.67. The van der Waals surface area contributed by atoms with Gasteiger partial charge in [-0.3, -0.25) is 4.79 Å². The van der Waals surface area contributed by atoms with Crippen molar-refractivity contribution in [1.82, 2.24) is 5.43 Å². The maximum atomic E-state index is 12.5.